The molecule has 2 aromatic carbocycles. The van der Waals surface area contributed by atoms with E-state index in [4.69, 9.17) is 0 Å². The lowest BCUT2D eigenvalue weighted by Crippen LogP contribution is -2.49. The Labute approximate surface area is 179 Å². The van der Waals surface area contributed by atoms with E-state index in [2.05, 4.69) is 37.0 Å². The minimum atomic E-state index is -0.596. The van der Waals surface area contributed by atoms with E-state index in [9.17, 15) is 10.3 Å². The molecule has 0 aliphatic carbocycles. The van der Waals surface area contributed by atoms with Crippen LogP contribution in [0.2, 0.25) is 0 Å². The number of hydroxylamine groups is 2. The highest BCUT2D eigenvalue weighted by Crippen LogP contribution is 2.40. The van der Waals surface area contributed by atoms with Crippen molar-refractivity contribution < 1.29 is 10.3 Å². The summed E-state index contributed by atoms with van der Waals surface area (Å²) in [5.41, 5.74) is 3.78. The van der Waals surface area contributed by atoms with Gasteiger partial charge in [-0.25, -0.2) is 0 Å². The SMILES string of the molecule is CC(C)(O)Cc1ccccc1.CC1(C)Cc2ccccc2C(c2cccnc2)N1O. The van der Waals surface area contributed by atoms with Gasteiger partial charge in [0.2, 0.25) is 0 Å². The lowest BCUT2D eigenvalue weighted by atomic mass is 9.81. The van der Waals surface area contributed by atoms with E-state index in [1.807, 2.05) is 68.6 Å². The third-order valence-electron chi connectivity index (χ3n) is 5.32. The summed E-state index contributed by atoms with van der Waals surface area (Å²) in [5, 5.41) is 21.5. The first-order valence-corrected chi connectivity index (χ1v) is 10.4. The maximum Gasteiger partial charge on any atom is 0.0873 e. The normalized spacial score (nSPS) is 18.1. The third kappa shape index (κ3) is 5.54. The van der Waals surface area contributed by atoms with Crippen molar-refractivity contribution in [1.29, 1.82) is 0 Å². The van der Waals surface area contributed by atoms with Gasteiger partial charge in [-0.05, 0) is 62.4 Å². The van der Waals surface area contributed by atoms with Crippen LogP contribution in [0.1, 0.15) is 56.0 Å². The number of pyridine rings is 1. The number of nitrogens with zero attached hydrogens (tertiary/aromatic N) is 2. The second-order valence-corrected chi connectivity index (χ2v) is 9.20. The average Bonchev–Trinajstić information content (AvgIpc) is 2.69. The van der Waals surface area contributed by atoms with Crippen molar-refractivity contribution in [2.45, 2.75) is 57.7 Å². The molecule has 0 bridgehead atoms. The number of fused-ring (bicyclic) bond motifs is 1. The van der Waals surface area contributed by atoms with E-state index in [1.54, 1.807) is 6.20 Å². The fraction of sp³-hybridized carbons (Fsp3) is 0.346. The smallest absolute Gasteiger partial charge is 0.0873 e. The van der Waals surface area contributed by atoms with Gasteiger partial charge in [-0.2, -0.15) is 5.06 Å². The maximum absolute atomic E-state index is 10.6. The molecule has 30 heavy (non-hydrogen) atoms. The van der Waals surface area contributed by atoms with Gasteiger partial charge in [-0.15, -0.1) is 0 Å². The first-order chi connectivity index (χ1) is 14.2. The molecule has 1 atom stereocenters. The number of aromatic nitrogens is 1. The first-order valence-electron chi connectivity index (χ1n) is 10.4. The van der Waals surface area contributed by atoms with Crippen molar-refractivity contribution in [3.8, 4) is 0 Å². The highest BCUT2D eigenvalue weighted by Gasteiger charge is 2.39. The summed E-state index contributed by atoms with van der Waals surface area (Å²) >= 11 is 0. The van der Waals surface area contributed by atoms with Crippen LogP contribution in [0.5, 0.6) is 0 Å². The molecule has 0 fully saturated rings. The quantitative estimate of drug-likeness (QED) is 0.630. The molecule has 1 aromatic heterocycles. The van der Waals surface area contributed by atoms with Crippen LogP contribution < -0.4 is 0 Å². The monoisotopic (exact) mass is 404 g/mol. The molecule has 2 N–H and O–H groups in total. The van der Waals surface area contributed by atoms with Crippen LogP contribution in [0, 0.1) is 0 Å². The van der Waals surface area contributed by atoms with Gasteiger partial charge in [-0.1, -0.05) is 60.7 Å². The molecule has 0 amide bonds. The zero-order chi connectivity index (χ0) is 21.8. The van der Waals surface area contributed by atoms with E-state index in [0.717, 1.165) is 17.5 Å². The van der Waals surface area contributed by atoms with Crippen LogP contribution in [0.15, 0.2) is 79.1 Å². The number of hydrogen-bond donors (Lipinski definition) is 2. The Hall–Kier alpha value is -2.53. The first kappa shape index (κ1) is 22.2. The molecule has 0 saturated carbocycles. The lowest BCUT2D eigenvalue weighted by Gasteiger charge is -2.44. The molecule has 1 aliphatic rings. The minimum Gasteiger partial charge on any atom is -0.390 e. The molecule has 158 valence electrons. The number of aliphatic hydroxyl groups is 1. The van der Waals surface area contributed by atoms with Gasteiger partial charge >= 0.3 is 0 Å². The maximum atomic E-state index is 10.6. The zero-order valence-corrected chi connectivity index (χ0v) is 18.3. The molecule has 4 heteroatoms. The van der Waals surface area contributed by atoms with Crippen molar-refractivity contribution in [2.75, 3.05) is 0 Å². The molecule has 0 saturated heterocycles. The van der Waals surface area contributed by atoms with Crippen LogP contribution in [0.3, 0.4) is 0 Å². The minimum absolute atomic E-state index is 0.145. The third-order valence-corrected chi connectivity index (χ3v) is 5.32. The summed E-state index contributed by atoms with van der Waals surface area (Å²) in [5.74, 6) is 0. The molecule has 4 rings (SSSR count). The summed E-state index contributed by atoms with van der Waals surface area (Å²) in [6.07, 6.45) is 5.14. The Morgan fingerprint density at radius 1 is 1.00 bits per heavy atom. The predicted molar refractivity (Wildman–Crippen MR) is 120 cm³/mol. The molecule has 4 nitrogen and oxygen atoms in total. The summed E-state index contributed by atoms with van der Waals surface area (Å²) in [6, 6.07) is 22.1. The highest BCUT2D eigenvalue weighted by atomic mass is 16.5. The van der Waals surface area contributed by atoms with Gasteiger partial charge in [-0.3, -0.25) is 4.98 Å². The second kappa shape index (κ2) is 9.09. The van der Waals surface area contributed by atoms with Crippen molar-refractivity contribution in [3.63, 3.8) is 0 Å². The number of rotatable bonds is 3. The van der Waals surface area contributed by atoms with E-state index >= 15 is 0 Å². The van der Waals surface area contributed by atoms with Crippen LogP contribution in [0.25, 0.3) is 0 Å². The Morgan fingerprint density at radius 3 is 2.30 bits per heavy atom. The van der Waals surface area contributed by atoms with Crippen molar-refractivity contribution in [2.24, 2.45) is 0 Å². The summed E-state index contributed by atoms with van der Waals surface area (Å²) in [7, 11) is 0. The Kier molecular flexibility index (Phi) is 6.71. The summed E-state index contributed by atoms with van der Waals surface area (Å²) < 4.78 is 0. The van der Waals surface area contributed by atoms with Crippen molar-refractivity contribution in [1.82, 2.24) is 10.0 Å². The van der Waals surface area contributed by atoms with Crippen molar-refractivity contribution >= 4 is 0 Å². The second-order valence-electron chi connectivity index (χ2n) is 9.20. The van der Waals surface area contributed by atoms with E-state index in [1.165, 1.54) is 16.2 Å². The molecular weight excluding hydrogens is 372 g/mol. The van der Waals surface area contributed by atoms with E-state index < -0.39 is 5.60 Å². The largest absolute Gasteiger partial charge is 0.390 e. The average molecular weight is 405 g/mol. The van der Waals surface area contributed by atoms with Gasteiger partial charge < -0.3 is 10.3 Å². The molecule has 0 spiro atoms. The highest BCUT2D eigenvalue weighted by molar-refractivity contribution is 5.40. The molecular formula is C26H32N2O2. The van der Waals surface area contributed by atoms with Crippen LogP contribution >= 0.6 is 0 Å². The molecule has 0 radical (unpaired) electrons. The molecule has 3 aromatic rings. The number of benzene rings is 2. The van der Waals surface area contributed by atoms with Gasteiger partial charge in [0.15, 0.2) is 0 Å². The Bertz CT molecular complexity index is 934. The van der Waals surface area contributed by atoms with Gasteiger partial charge in [0.1, 0.15) is 0 Å². The fourth-order valence-corrected chi connectivity index (χ4v) is 3.94. The summed E-state index contributed by atoms with van der Waals surface area (Å²) in [6.45, 7) is 7.76. The van der Waals surface area contributed by atoms with Crippen LogP contribution in [0.4, 0.5) is 0 Å². The number of hydrogen-bond acceptors (Lipinski definition) is 4. The zero-order valence-electron chi connectivity index (χ0n) is 18.3. The molecule has 1 aliphatic heterocycles. The topological polar surface area (TPSA) is 56.6 Å². The van der Waals surface area contributed by atoms with Crippen LogP contribution in [-0.2, 0) is 12.8 Å². The molecule has 2 heterocycles. The van der Waals surface area contributed by atoms with E-state index in [-0.39, 0.29) is 11.6 Å². The van der Waals surface area contributed by atoms with Crippen LogP contribution in [-0.4, -0.2) is 31.5 Å². The Morgan fingerprint density at radius 2 is 1.67 bits per heavy atom. The van der Waals surface area contributed by atoms with Crippen molar-refractivity contribution in [3.05, 3.63) is 101 Å². The standard InChI is InChI=1S/C16H18N2O.C10H14O/c1-16(2)10-12-6-3-4-8-14(12)15(18(16)19)13-7-5-9-17-11-13;1-10(2,11)8-9-6-4-3-5-7-9/h3-9,11,15,19H,10H2,1-2H3;3-7,11H,8H2,1-2H3. The van der Waals surface area contributed by atoms with Gasteiger partial charge in [0.05, 0.1) is 11.6 Å². The Balaban J connectivity index is 0.000000199. The van der Waals surface area contributed by atoms with Gasteiger partial charge in [0, 0.05) is 24.4 Å². The fourth-order valence-electron chi connectivity index (χ4n) is 3.94. The summed E-state index contributed by atoms with van der Waals surface area (Å²) in [4.78, 5) is 4.18. The lowest BCUT2D eigenvalue weighted by molar-refractivity contribution is -0.191. The predicted octanol–water partition coefficient (Wildman–Crippen LogP) is 5.20. The molecule has 1 unspecified atom stereocenters. The van der Waals surface area contributed by atoms with E-state index in [0.29, 0.717) is 6.42 Å². The van der Waals surface area contributed by atoms with Gasteiger partial charge in [0.25, 0.3) is 0 Å².